The molecule has 0 aliphatic rings. The van der Waals surface area contributed by atoms with Crippen LogP contribution in [0.4, 0.5) is 0 Å². The zero-order valence-electron chi connectivity index (χ0n) is 10.0. The van der Waals surface area contributed by atoms with E-state index in [2.05, 4.69) is 43.8 Å². The molecule has 100 valence electrons. The highest BCUT2D eigenvalue weighted by Gasteiger charge is 2.09. The quantitative estimate of drug-likeness (QED) is 0.371. The highest BCUT2D eigenvalue weighted by Crippen LogP contribution is 2.17. The summed E-state index contributed by atoms with van der Waals surface area (Å²) in [6.07, 6.45) is 4.57. The van der Waals surface area contributed by atoms with E-state index in [1.807, 2.05) is 6.07 Å². The molecule has 1 aromatic carbocycles. The molecule has 0 radical (unpaired) electrons. The largest absolute Gasteiger partial charge is 0.352 e. The summed E-state index contributed by atoms with van der Waals surface area (Å²) < 4.78 is 0.925. The Labute approximate surface area is 135 Å². The number of hydrogen-bond acceptors (Lipinski definition) is 1. The fourth-order valence-corrected chi connectivity index (χ4v) is 2.69. The number of alkyl halides is 1. The van der Waals surface area contributed by atoms with Gasteiger partial charge in [0, 0.05) is 20.5 Å². The zero-order valence-corrected chi connectivity index (χ0v) is 14.5. The van der Waals surface area contributed by atoms with Crippen LogP contribution in [0.25, 0.3) is 0 Å². The minimum absolute atomic E-state index is 0.0395. The maximum atomic E-state index is 11.9. The van der Waals surface area contributed by atoms with Crippen molar-refractivity contribution in [2.75, 3.05) is 11.9 Å². The first kappa shape index (κ1) is 16.2. The molecule has 0 fully saturated rings. The third-order valence-electron chi connectivity index (χ3n) is 2.52. The Morgan fingerprint density at radius 1 is 1.28 bits per heavy atom. The fourth-order valence-electron chi connectivity index (χ4n) is 1.54. The standard InChI is InChI=1S/C13H16BrClINO/c14-7-3-1-2-4-8-17-13(18)11-9-10(15)5-6-12(11)16/h5-6,9H,1-4,7-8H2,(H,17,18). The van der Waals surface area contributed by atoms with Gasteiger partial charge < -0.3 is 5.32 Å². The smallest absolute Gasteiger partial charge is 0.252 e. The van der Waals surface area contributed by atoms with Gasteiger partial charge in [-0.05, 0) is 53.6 Å². The summed E-state index contributed by atoms with van der Waals surface area (Å²) in [6.45, 7) is 0.726. The number of rotatable bonds is 7. The monoisotopic (exact) mass is 443 g/mol. The van der Waals surface area contributed by atoms with E-state index in [0.717, 1.165) is 28.3 Å². The van der Waals surface area contributed by atoms with Crippen molar-refractivity contribution >= 4 is 56.0 Å². The molecule has 1 rings (SSSR count). The molecule has 0 saturated heterocycles. The van der Waals surface area contributed by atoms with Gasteiger partial charge in [0.1, 0.15) is 0 Å². The van der Waals surface area contributed by atoms with Crippen LogP contribution >= 0.6 is 50.1 Å². The summed E-state index contributed by atoms with van der Waals surface area (Å²) in [5.41, 5.74) is 0.656. The molecule has 1 aromatic rings. The average molecular weight is 445 g/mol. The van der Waals surface area contributed by atoms with Crippen LogP contribution in [0, 0.1) is 3.57 Å². The van der Waals surface area contributed by atoms with Crippen LogP contribution < -0.4 is 5.32 Å². The van der Waals surface area contributed by atoms with Gasteiger partial charge in [0.2, 0.25) is 0 Å². The van der Waals surface area contributed by atoms with Crippen LogP contribution in [0.3, 0.4) is 0 Å². The number of nitrogens with one attached hydrogen (secondary N) is 1. The van der Waals surface area contributed by atoms with Gasteiger partial charge in [-0.1, -0.05) is 40.4 Å². The maximum Gasteiger partial charge on any atom is 0.252 e. The zero-order chi connectivity index (χ0) is 13.4. The topological polar surface area (TPSA) is 29.1 Å². The van der Waals surface area contributed by atoms with Crippen LogP contribution in [0.15, 0.2) is 18.2 Å². The summed E-state index contributed by atoms with van der Waals surface area (Å²) in [6, 6.07) is 5.36. The van der Waals surface area contributed by atoms with E-state index in [0.29, 0.717) is 10.6 Å². The Morgan fingerprint density at radius 3 is 2.72 bits per heavy atom. The van der Waals surface area contributed by atoms with Crippen molar-refractivity contribution in [3.63, 3.8) is 0 Å². The van der Waals surface area contributed by atoms with Gasteiger partial charge >= 0.3 is 0 Å². The second kappa shape index (κ2) is 9.15. The Balaban J connectivity index is 2.34. The molecule has 0 aliphatic carbocycles. The SMILES string of the molecule is O=C(NCCCCCCBr)c1cc(Cl)ccc1I. The lowest BCUT2D eigenvalue weighted by molar-refractivity contribution is 0.0952. The molecule has 0 atom stereocenters. The van der Waals surface area contributed by atoms with Crippen molar-refractivity contribution in [3.8, 4) is 0 Å². The van der Waals surface area contributed by atoms with E-state index in [9.17, 15) is 4.79 Å². The first-order valence-electron chi connectivity index (χ1n) is 5.94. The normalized spacial score (nSPS) is 10.4. The van der Waals surface area contributed by atoms with Gasteiger partial charge in [-0.2, -0.15) is 0 Å². The summed E-state index contributed by atoms with van der Waals surface area (Å²) in [4.78, 5) is 11.9. The van der Waals surface area contributed by atoms with Crippen LogP contribution in [0.2, 0.25) is 5.02 Å². The highest BCUT2D eigenvalue weighted by atomic mass is 127. The molecular formula is C13H16BrClINO. The maximum absolute atomic E-state index is 11.9. The highest BCUT2D eigenvalue weighted by molar-refractivity contribution is 14.1. The van der Waals surface area contributed by atoms with Crippen LogP contribution in [0.5, 0.6) is 0 Å². The van der Waals surface area contributed by atoms with Crippen molar-refractivity contribution < 1.29 is 4.79 Å². The molecule has 0 spiro atoms. The van der Waals surface area contributed by atoms with Crippen molar-refractivity contribution in [1.82, 2.24) is 5.32 Å². The first-order chi connectivity index (χ1) is 8.65. The molecule has 5 heteroatoms. The Kier molecular flexibility index (Phi) is 8.26. The molecule has 1 N–H and O–H groups in total. The third kappa shape index (κ3) is 5.89. The molecule has 2 nitrogen and oxygen atoms in total. The van der Waals surface area contributed by atoms with E-state index in [4.69, 9.17) is 11.6 Å². The number of carbonyl (C=O) groups excluding carboxylic acids is 1. The van der Waals surface area contributed by atoms with Gasteiger partial charge in [-0.3, -0.25) is 4.79 Å². The van der Waals surface area contributed by atoms with Crippen molar-refractivity contribution in [1.29, 1.82) is 0 Å². The van der Waals surface area contributed by atoms with Gasteiger partial charge in [0.15, 0.2) is 0 Å². The van der Waals surface area contributed by atoms with E-state index >= 15 is 0 Å². The van der Waals surface area contributed by atoms with Gasteiger partial charge in [-0.25, -0.2) is 0 Å². The molecule has 1 amide bonds. The number of benzene rings is 1. The van der Waals surface area contributed by atoms with E-state index < -0.39 is 0 Å². The number of halogens is 3. The van der Waals surface area contributed by atoms with Crippen LogP contribution in [0.1, 0.15) is 36.0 Å². The molecule has 0 unspecified atom stereocenters. The van der Waals surface area contributed by atoms with E-state index in [-0.39, 0.29) is 5.91 Å². The summed E-state index contributed by atoms with van der Waals surface area (Å²) in [5.74, 6) is -0.0395. The van der Waals surface area contributed by atoms with Crippen molar-refractivity contribution in [2.45, 2.75) is 25.7 Å². The lowest BCUT2D eigenvalue weighted by Gasteiger charge is -2.07. The molecule has 0 aromatic heterocycles. The fraction of sp³-hybridized carbons (Fsp3) is 0.462. The molecule has 0 saturated carbocycles. The summed E-state index contributed by atoms with van der Waals surface area (Å²) in [7, 11) is 0. The lowest BCUT2D eigenvalue weighted by Crippen LogP contribution is -2.25. The summed E-state index contributed by atoms with van der Waals surface area (Å²) >= 11 is 11.4. The Morgan fingerprint density at radius 2 is 2.00 bits per heavy atom. The third-order valence-corrected chi connectivity index (χ3v) is 4.26. The molecule has 18 heavy (non-hydrogen) atoms. The minimum Gasteiger partial charge on any atom is -0.352 e. The van der Waals surface area contributed by atoms with Gasteiger partial charge in [-0.15, -0.1) is 0 Å². The predicted octanol–water partition coefficient (Wildman–Crippen LogP) is 4.63. The first-order valence-corrected chi connectivity index (χ1v) is 8.52. The minimum atomic E-state index is -0.0395. The van der Waals surface area contributed by atoms with Crippen LogP contribution in [-0.4, -0.2) is 17.8 Å². The number of hydrogen-bond donors (Lipinski definition) is 1. The van der Waals surface area contributed by atoms with Gasteiger partial charge in [0.25, 0.3) is 5.91 Å². The average Bonchev–Trinajstić information content (AvgIpc) is 2.36. The molecule has 0 bridgehead atoms. The molecular weight excluding hydrogens is 428 g/mol. The Bertz CT molecular complexity index is 401. The number of carbonyl (C=O) groups is 1. The Hall–Kier alpha value is 0.190. The van der Waals surface area contributed by atoms with Crippen molar-refractivity contribution in [2.24, 2.45) is 0 Å². The van der Waals surface area contributed by atoms with Crippen LogP contribution in [-0.2, 0) is 0 Å². The van der Waals surface area contributed by atoms with E-state index in [1.165, 1.54) is 12.8 Å². The lowest BCUT2D eigenvalue weighted by atomic mass is 10.2. The predicted molar refractivity (Wildman–Crippen MR) is 88.8 cm³/mol. The summed E-state index contributed by atoms with van der Waals surface area (Å²) in [5, 5.41) is 4.58. The second-order valence-electron chi connectivity index (χ2n) is 3.98. The second-order valence-corrected chi connectivity index (χ2v) is 6.37. The number of amides is 1. The van der Waals surface area contributed by atoms with Crippen molar-refractivity contribution in [3.05, 3.63) is 32.4 Å². The molecule has 0 aliphatic heterocycles. The van der Waals surface area contributed by atoms with E-state index in [1.54, 1.807) is 12.1 Å². The van der Waals surface area contributed by atoms with Gasteiger partial charge in [0.05, 0.1) is 5.56 Å². The molecule has 0 heterocycles. The number of unbranched alkanes of at least 4 members (excludes halogenated alkanes) is 3.